The molecule has 90 valence electrons. The molecule has 0 aliphatic heterocycles. The maximum Gasteiger partial charge on any atom is 0.159 e. The van der Waals surface area contributed by atoms with Gasteiger partial charge < -0.3 is 9.63 Å². The second-order valence-electron chi connectivity index (χ2n) is 3.63. The lowest BCUT2D eigenvalue weighted by Gasteiger charge is -1.96. The van der Waals surface area contributed by atoms with Crippen molar-refractivity contribution in [3.8, 4) is 11.3 Å². The van der Waals surface area contributed by atoms with Crippen molar-refractivity contribution in [3.63, 3.8) is 0 Å². The van der Waals surface area contributed by atoms with Crippen molar-refractivity contribution in [1.82, 2.24) is 5.16 Å². The SMILES string of the molecule is OCCCc1cc(-c2ccc(F)c(F)c2)no1. The van der Waals surface area contributed by atoms with Gasteiger partial charge >= 0.3 is 0 Å². The first kappa shape index (κ1) is 11.7. The molecule has 1 N–H and O–H groups in total. The highest BCUT2D eigenvalue weighted by Crippen LogP contribution is 2.21. The number of benzene rings is 1. The maximum atomic E-state index is 13.0. The van der Waals surface area contributed by atoms with Gasteiger partial charge in [-0.05, 0) is 24.6 Å². The third kappa shape index (κ3) is 2.68. The van der Waals surface area contributed by atoms with E-state index in [0.717, 1.165) is 12.1 Å². The minimum atomic E-state index is -0.914. The fraction of sp³-hybridized carbons (Fsp3) is 0.250. The number of rotatable bonds is 4. The Hall–Kier alpha value is -1.75. The summed E-state index contributed by atoms with van der Waals surface area (Å²) in [6.45, 7) is 0.0706. The summed E-state index contributed by atoms with van der Waals surface area (Å²) < 4.78 is 30.8. The fourth-order valence-corrected chi connectivity index (χ4v) is 1.48. The molecular weight excluding hydrogens is 228 g/mol. The highest BCUT2D eigenvalue weighted by Gasteiger charge is 2.09. The van der Waals surface area contributed by atoms with Crippen LogP contribution in [0, 0.1) is 11.6 Å². The molecule has 0 radical (unpaired) electrons. The van der Waals surface area contributed by atoms with Crippen LogP contribution in [0.1, 0.15) is 12.2 Å². The Morgan fingerprint density at radius 1 is 1.18 bits per heavy atom. The first-order valence-corrected chi connectivity index (χ1v) is 5.22. The Kier molecular flexibility index (Phi) is 3.49. The van der Waals surface area contributed by atoms with Gasteiger partial charge in [0.2, 0.25) is 0 Å². The Bertz CT molecular complexity index is 511. The van der Waals surface area contributed by atoms with Gasteiger partial charge in [0.05, 0.1) is 0 Å². The van der Waals surface area contributed by atoms with Crippen molar-refractivity contribution in [2.45, 2.75) is 12.8 Å². The molecule has 1 aromatic heterocycles. The summed E-state index contributed by atoms with van der Waals surface area (Å²) in [4.78, 5) is 0. The molecule has 0 atom stereocenters. The van der Waals surface area contributed by atoms with Crippen LogP contribution in [0.4, 0.5) is 8.78 Å². The number of aliphatic hydroxyl groups excluding tert-OH is 1. The van der Waals surface area contributed by atoms with Crippen LogP contribution in [-0.2, 0) is 6.42 Å². The van der Waals surface area contributed by atoms with Crippen molar-refractivity contribution < 1.29 is 18.4 Å². The van der Waals surface area contributed by atoms with Gasteiger partial charge in [0.15, 0.2) is 11.6 Å². The van der Waals surface area contributed by atoms with Crippen LogP contribution in [-0.4, -0.2) is 16.9 Å². The van der Waals surface area contributed by atoms with Crippen molar-refractivity contribution in [1.29, 1.82) is 0 Å². The maximum absolute atomic E-state index is 13.0. The van der Waals surface area contributed by atoms with Gasteiger partial charge in [0.25, 0.3) is 0 Å². The van der Waals surface area contributed by atoms with Gasteiger partial charge in [-0.2, -0.15) is 0 Å². The van der Waals surface area contributed by atoms with E-state index in [1.54, 1.807) is 6.07 Å². The van der Waals surface area contributed by atoms with E-state index in [4.69, 9.17) is 9.63 Å². The van der Waals surface area contributed by atoms with Crippen molar-refractivity contribution in [2.75, 3.05) is 6.61 Å². The normalized spacial score (nSPS) is 10.8. The van der Waals surface area contributed by atoms with Crippen LogP contribution in [0.15, 0.2) is 28.8 Å². The molecule has 0 amide bonds. The molecular formula is C12H11F2NO2. The summed E-state index contributed by atoms with van der Waals surface area (Å²) >= 11 is 0. The van der Waals surface area contributed by atoms with Gasteiger partial charge in [0, 0.05) is 24.7 Å². The van der Waals surface area contributed by atoms with Crippen LogP contribution in [0.2, 0.25) is 0 Å². The molecule has 0 aliphatic rings. The highest BCUT2D eigenvalue weighted by molar-refractivity contribution is 5.58. The molecule has 0 saturated carbocycles. The zero-order valence-electron chi connectivity index (χ0n) is 8.99. The molecule has 0 aliphatic carbocycles. The van der Waals surface area contributed by atoms with Gasteiger partial charge in [-0.15, -0.1) is 0 Å². The second-order valence-corrected chi connectivity index (χ2v) is 3.63. The first-order chi connectivity index (χ1) is 8.20. The molecule has 5 heteroatoms. The fourth-order valence-electron chi connectivity index (χ4n) is 1.48. The third-order valence-electron chi connectivity index (χ3n) is 2.36. The minimum Gasteiger partial charge on any atom is -0.396 e. The summed E-state index contributed by atoms with van der Waals surface area (Å²) in [5.74, 6) is -1.20. The van der Waals surface area contributed by atoms with Crippen LogP contribution in [0.5, 0.6) is 0 Å². The van der Waals surface area contributed by atoms with Gasteiger partial charge in [-0.3, -0.25) is 0 Å². The van der Waals surface area contributed by atoms with E-state index in [0.29, 0.717) is 29.9 Å². The number of hydrogen-bond donors (Lipinski definition) is 1. The van der Waals surface area contributed by atoms with E-state index in [1.165, 1.54) is 6.07 Å². The predicted molar refractivity (Wildman–Crippen MR) is 57.3 cm³/mol. The molecule has 0 unspecified atom stereocenters. The number of aromatic nitrogens is 1. The standard InChI is InChI=1S/C12H11F2NO2/c13-10-4-3-8(6-11(10)14)12-7-9(17-15-12)2-1-5-16/h3-4,6-7,16H,1-2,5H2. The van der Waals surface area contributed by atoms with E-state index in [-0.39, 0.29) is 6.61 Å². The summed E-state index contributed by atoms with van der Waals surface area (Å²) in [5.41, 5.74) is 0.916. The lowest BCUT2D eigenvalue weighted by Crippen LogP contribution is -1.86. The first-order valence-electron chi connectivity index (χ1n) is 5.22. The van der Waals surface area contributed by atoms with Crippen LogP contribution in [0.25, 0.3) is 11.3 Å². The van der Waals surface area contributed by atoms with E-state index >= 15 is 0 Å². The second kappa shape index (κ2) is 5.05. The van der Waals surface area contributed by atoms with Gasteiger partial charge in [-0.25, -0.2) is 8.78 Å². The molecule has 2 rings (SSSR count). The van der Waals surface area contributed by atoms with E-state index in [9.17, 15) is 8.78 Å². The zero-order valence-corrected chi connectivity index (χ0v) is 8.99. The van der Waals surface area contributed by atoms with Gasteiger partial charge in [-0.1, -0.05) is 5.16 Å². The average molecular weight is 239 g/mol. The summed E-state index contributed by atoms with van der Waals surface area (Å²) in [6, 6.07) is 5.21. The molecule has 0 spiro atoms. The van der Waals surface area contributed by atoms with Gasteiger partial charge in [0.1, 0.15) is 11.5 Å². The average Bonchev–Trinajstić information content (AvgIpc) is 2.79. The molecule has 0 bridgehead atoms. The Morgan fingerprint density at radius 3 is 2.71 bits per heavy atom. The lowest BCUT2D eigenvalue weighted by molar-refractivity contribution is 0.280. The Balaban J connectivity index is 2.21. The molecule has 1 heterocycles. The van der Waals surface area contributed by atoms with E-state index < -0.39 is 11.6 Å². The highest BCUT2D eigenvalue weighted by atomic mass is 19.2. The summed E-state index contributed by atoms with van der Waals surface area (Å²) in [6.07, 6.45) is 1.14. The van der Waals surface area contributed by atoms with Crippen LogP contribution in [0.3, 0.4) is 0 Å². The Labute approximate surface area is 96.7 Å². The molecule has 3 nitrogen and oxygen atoms in total. The van der Waals surface area contributed by atoms with Crippen molar-refractivity contribution in [3.05, 3.63) is 41.7 Å². The minimum absolute atomic E-state index is 0.0706. The van der Waals surface area contributed by atoms with Crippen molar-refractivity contribution in [2.24, 2.45) is 0 Å². The number of aliphatic hydroxyl groups is 1. The molecule has 1 aromatic carbocycles. The summed E-state index contributed by atoms with van der Waals surface area (Å²) in [5, 5.41) is 12.4. The number of aryl methyl sites for hydroxylation is 1. The largest absolute Gasteiger partial charge is 0.396 e. The van der Waals surface area contributed by atoms with E-state index in [2.05, 4.69) is 5.16 Å². The number of nitrogens with zero attached hydrogens (tertiary/aromatic N) is 1. The summed E-state index contributed by atoms with van der Waals surface area (Å²) in [7, 11) is 0. The number of hydrogen-bond acceptors (Lipinski definition) is 3. The quantitative estimate of drug-likeness (QED) is 0.891. The topological polar surface area (TPSA) is 46.3 Å². The van der Waals surface area contributed by atoms with E-state index in [1.807, 2.05) is 0 Å². The molecule has 17 heavy (non-hydrogen) atoms. The van der Waals surface area contributed by atoms with Crippen molar-refractivity contribution >= 4 is 0 Å². The predicted octanol–water partition coefficient (Wildman–Crippen LogP) is 2.54. The molecule has 2 aromatic rings. The smallest absolute Gasteiger partial charge is 0.159 e. The molecule has 0 fully saturated rings. The number of halogens is 2. The van der Waals surface area contributed by atoms with Crippen LogP contribution >= 0.6 is 0 Å². The lowest BCUT2D eigenvalue weighted by atomic mass is 10.1. The van der Waals surface area contributed by atoms with Crippen LogP contribution < -0.4 is 0 Å². The monoisotopic (exact) mass is 239 g/mol. The molecule has 0 saturated heterocycles. The third-order valence-corrected chi connectivity index (χ3v) is 2.36. The Morgan fingerprint density at radius 2 is 2.00 bits per heavy atom. The zero-order chi connectivity index (χ0) is 12.3.